The first-order valence-electron chi connectivity index (χ1n) is 10.3. The van der Waals surface area contributed by atoms with Crippen LogP contribution in [0.4, 0.5) is 4.79 Å². The second-order valence-corrected chi connectivity index (χ2v) is 8.58. The molecule has 1 aliphatic rings. The largest absolute Gasteiger partial charge is 0.493 e. The van der Waals surface area contributed by atoms with Gasteiger partial charge in [-0.05, 0) is 49.6 Å². The number of carbonyl (C=O) groups excluding carboxylic acids is 1. The van der Waals surface area contributed by atoms with Crippen LogP contribution < -0.4 is 9.47 Å². The molecule has 1 unspecified atom stereocenters. The van der Waals surface area contributed by atoms with E-state index in [0.717, 1.165) is 16.7 Å². The number of aliphatic hydroxyl groups excluding tert-OH is 1. The quantitative estimate of drug-likeness (QED) is 0.719. The number of amides is 1. The van der Waals surface area contributed by atoms with Gasteiger partial charge in [0.25, 0.3) is 0 Å². The average Bonchev–Trinajstić information content (AvgIpc) is 2.70. The van der Waals surface area contributed by atoms with Crippen LogP contribution in [-0.2, 0) is 16.1 Å². The van der Waals surface area contributed by atoms with E-state index in [1.165, 1.54) is 0 Å². The van der Waals surface area contributed by atoms with E-state index in [4.69, 9.17) is 18.9 Å². The summed E-state index contributed by atoms with van der Waals surface area (Å²) < 4.78 is 21.8. The number of hydrogen-bond donors (Lipinski definition) is 1. The van der Waals surface area contributed by atoms with E-state index in [2.05, 4.69) is 0 Å². The van der Waals surface area contributed by atoms with Gasteiger partial charge >= 0.3 is 6.09 Å². The van der Waals surface area contributed by atoms with Crippen molar-refractivity contribution in [1.29, 1.82) is 0 Å². The fourth-order valence-corrected chi connectivity index (χ4v) is 3.24. The summed E-state index contributed by atoms with van der Waals surface area (Å²) in [5, 5.41) is 10.7. The van der Waals surface area contributed by atoms with E-state index in [0.29, 0.717) is 31.2 Å². The van der Waals surface area contributed by atoms with Crippen LogP contribution in [0.2, 0.25) is 0 Å². The number of benzene rings is 2. The minimum atomic E-state index is -0.774. The number of likely N-dealkylation sites (tertiary alicyclic amines) is 1. The lowest BCUT2D eigenvalue weighted by atomic mass is 10.00. The Morgan fingerprint density at radius 2 is 1.65 bits per heavy atom. The van der Waals surface area contributed by atoms with Crippen LogP contribution in [-0.4, -0.2) is 55.1 Å². The molecule has 168 valence electrons. The molecule has 3 rings (SSSR count). The van der Waals surface area contributed by atoms with Crippen LogP contribution in [0, 0.1) is 0 Å². The third-order valence-electron chi connectivity index (χ3n) is 5.00. The highest BCUT2D eigenvalue weighted by Gasteiger charge is 2.34. The molecule has 1 amide bonds. The molecule has 2 aromatic rings. The van der Waals surface area contributed by atoms with Crippen LogP contribution in [0.15, 0.2) is 42.5 Å². The molecule has 0 spiro atoms. The molecular weight excluding hydrogens is 398 g/mol. The second kappa shape index (κ2) is 9.58. The molecule has 0 aliphatic carbocycles. The molecule has 1 heterocycles. The fourth-order valence-electron chi connectivity index (χ4n) is 3.24. The lowest BCUT2D eigenvalue weighted by Crippen LogP contribution is -2.55. The first-order chi connectivity index (χ1) is 14.7. The summed E-state index contributed by atoms with van der Waals surface area (Å²) >= 11 is 0. The summed E-state index contributed by atoms with van der Waals surface area (Å²) in [5.41, 5.74) is 2.00. The molecule has 1 saturated heterocycles. The van der Waals surface area contributed by atoms with Gasteiger partial charge in [-0.25, -0.2) is 4.79 Å². The zero-order valence-corrected chi connectivity index (χ0v) is 18.8. The van der Waals surface area contributed by atoms with Gasteiger partial charge in [0.2, 0.25) is 0 Å². The maximum atomic E-state index is 12.0. The van der Waals surface area contributed by atoms with Gasteiger partial charge in [0.05, 0.1) is 40.0 Å². The first kappa shape index (κ1) is 22.9. The van der Waals surface area contributed by atoms with E-state index < -0.39 is 11.7 Å². The lowest BCUT2D eigenvalue weighted by molar-refractivity contribution is -0.0691. The van der Waals surface area contributed by atoms with Gasteiger partial charge in [0, 0.05) is 0 Å². The van der Waals surface area contributed by atoms with Crippen molar-refractivity contribution >= 4 is 6.09 Å². The Morgan fingerprint density at radius 3 is 2.23 bits per heavy atom. The number of rotatable bonds is 7. The molecule has 7 nitrogen and oxygen atoms in total. The molecule has 7 heteroatoms. The van der Waals surface area contributed by atoms with Crippen LogP contribution in [0.5, 0.6) is 11.5 Å². The molecule has 1 aliphatic heterocycles. The molecule has 2 aromatic carbocycles. The normalized spacial score (nSPS) is 15.2. The van der Waals surface area contributed by atoms with E-state index >= 15 is 0 Å². The maximum Gasteiger partial charge on any atom is 0.410 e. The number of methoxy groups -OCH3 is 2. The summed E-state index contributed by atoms with van der Waals surface area (Å²) in [6.07, 6.45) is -1.07. The Kier molecular flexibility index (Phi) is 7.08. The molecule has 0 aromatic heterocycles. The Labute approximate surface area is 183 Å². The molecule has 1 N–H and O–H groups in total. The minimum Gasteiger partial charge on any atom is -0.493 e. The highest BCUT2D eigenvalue weighted by Crippen LogP contribution is 2.32. The first-order valence-corrected chi connectivity index (χ1v) is 10.3. The third-order valence-corrected chi connectivity index (χ3v) is 5.00. The number of hydrogen-bond acceptors (Lipinski definition) is 6. The van der Waals surface area contributed by atoms with Crippen molar-refractivity contribution in [3.05, 3.63) is 59.2 Å². The van der Waals surface area contributed by atoms with E-state index in [1.807, 2.05) is 51.1 Å². The van der Waals surface area contributed by atoms with Crippen molar-refractivity contribution in [2.24, 2.45) is 0 Å². The van der Waals surface area contributed by atoms with Crippen molar-refractivity contribution in [3.63, 3.8) is 0 Å². The van der Waals surface area contributed by atoms with Crippen molar-refractivity contribution in [2.75, 3.05) is 27.3 Å². The van der Waals surface area contributed by atoms with Crippen molar-refractivity contribution in [2.45, 2.75) is 45.2 Å². The smallest absolute Gasteiger partial charge is 0.410 e. The Balaban J connectivity index is 1.50. The van der Waals surface area contributed by atoms with E-state index in [9.17, 15) is 9.90 Å². The van der Waals surface area contributed by atoms with Gasteiger partial charge < -0.3 is 29.0 Å². The zero-order chi connectivity index (χ0) is 22.6. The van der Waals surface area contributed by atoms with Gasteiger partial charge in [-0.1, -0.05) is 30.3 Å². The van der Waals surface area contributed by atoms with Crippen molar-refractivity contribution < 1.29 is 28.8 Å². The summed E-state index contributed by atoms with van der Waals surface area (Å²) in [7, 11) is 3.14. The predicted octanol–water partition coefficient (Wildman–Crippen LogP) is 3.92. The minimum absolute atomic E-state index is 0.00421. The molecule has 0 bridgehead atoms. The van der Waals surface area contributed by atoms with Crippen LogP contribution in [0.1, 0.15) is 43.6 Å². The lowest BCUT2D eigenvalue weighted by Gasteiger charge is -2.39. The SMILES string of the molecule is COc1ccc(C(O)c2ccc(COC3CN(C(=O)OC(C)(C)C)C3)cc2)cc1OC. The summed E-state index contributed by atoms with van der Waals surface area (Å²) in [6.45, 7) is 7.06. The highest BCUT2D eigenvalue weighted by molar-refractivity contribution is 5.69. The monoisotopic (exact) mass is 429 g/mol. The van der Waals surface area contributed by atoms with E-state index in [1.54, 1.807) is 31.3 Å². The van der Waals surface area contributed by atoms with Crippen molar-refractivity contribution in [3.8, 4) is 11.5 Å². The van der Waals surface area contributed by atoms with Crippen molar-refractivity contribution in [1.82, 2.24) is 4.90 Å². The number of aliphatic hydroxyl groups is 1. The molecule has 1 fully saturated rings. The molecule has 1 atom stereocenters. The molecule has 31 heavy (non-hydrogen) atoms. The number of ether oxygens (including phenoxy) is 4. The van der Waals surface area contributed by atoms with Gasteiger partial charge in [-0.3, -0.25) is 0 Å². The van der Waals surface area contributed by atoms with Crippen LogP contribution >= 0.6 is 0 Å². The Morgan fingerprint density at radius 1 is 1.03 bits per heavy atom. The topological polar surface area (TPSA) is 77.5 Å². The number of carbonyl (C=O) groups is 1. The summed E-state index contributed by atoms with van der Waals surface area (Å²) in [4.78, 5) is 13.6. The Hall–Kier alpha value is -2.77. The average molecular weight is 430 g/mol. The second-order valence-electron chi connectivity index (χ2n) is 8.58. The highest BCUT2D eigenvalue weighted by atomic mass is 16.6. The zero-order valence-electron chi connectivity index (χ0n) is 18.8. The van der Waals surface area contributed by atoms with Gasteiger partial charge in [0.1, 0.15) is 11.7 Å². The Bertz CT molecular complexity index is 884. The predicted molar refractivity (Wildman–Crippen MR) is 116 cm³/mol. The fraction of sp³-hybridized carbons (Fsp3) is 0.458. The maximum absolute atomic E-state index is 12.0. The summed E-state index contributed by atoms with van der Waals surface area (Å²) in [6, 6.07) is 13.0. The third kappa shape index (κ3) is 5.89. The van der Waals surface area contributed by atoms with Crippen LogP contribution in [0.3, 0.4) is 0 Å². The van der Waals surface area contributed by atoms with Crippen LogP contribution in [0.25, 0.3) is 0 Å². The van der Waals surface area contributed by atoms with E-state index in [-0.39, 0.29) is 12.2 Å². The molecule has 0 saturated carbocycles. The number of nitrogens with zero attached hydrogens (tertiary/aromatic N) is 1. The van der Waals surface area contributed by atoms with Gasteiger partial charge in [-0.15, -0.1) is 0 Å². The van der Waals surface area contributed by atoms with Gasteiger partial charge in [0.15, 0.2) is 11.5 Å². The van der Waals surface area contributed by atoms with Gasteiger partial charge in [-0.2, -0.15) is 0 Å². The molecule has 0 radical (unpaired) electrons. The standard InChI is InChI=1S/C24H31NO6/c1-24(2,3)31-23(27)25-13-19(14-25)30-15-16-6-8-17(9-7-16)22(26)18-10-11-20(28-4)21(12-18)29-5/h6-12,19,22,26H,13-15H2,1-5H3. The summed E-state index contributed by atoms with van der Waals surface area (Å²) in [5.74, 6) is 1.19. The molecular formula is C24H31NO6.